The van der Waals surface area contributed by atoms with Crippen LogP contribution >= 0.6 is 24.0 Å². The van der Waals surface area contributed by atoms with Crippen molar-refractivity contribution < 1.29 is 22.7 Å². The zero-order chi connectivity index (χ0) is 20.5. The number of hydrogen-bond donors (Lipinski definition) is 3. The van der Waals surface area contributed by atoms with Gasteiger partial charge >= 0.3 is 6.18 Å². The molecule has 0 atom stereocenters. The fraction of sp³-hybridized carbons (Fsp3) is 0.588. The maximum atomic E-state index is 12.3. The lowest BCUT2D eigenvalue weighted by atomic mass is 10.1. The summed E-state index contributed by atoms with van der Waals surface area (Å²) in [6.45, 7) is 6.64. The number of carbonyl (C=O) groups is 1. The van der Waals surface area contributed by atoms with Crippen LogP contribution in [0.15, 0.2) is 23.3 Å². The molecule has 28 heavy (non-hydrogen) atoms. The van der Waals surface area contributed by atoms with E-state index in [4.69, 9.17) is 4.74 Å². The molecule has 1 heterocycles. The molecular formula is C17H27F3IN5O2. The summed E-state index contributed by atoms with van der Waals surface area (Å²) in [5.74, 6) is 0.0239. The summed E-state index contributed by atoms with van der Waals surface area (Å²) in [6, 6.07) is 3.17. The van der Waals surface area contributed by atoms with Crippen LogP contribution in [-0.4, -0.2) is 48.3 Å². The number of rotatable bonds is 7. The molecule has 0 aromatic carbocycles. The number of amides is 1. The van der Waals surface area contributed by atoms with Crippen molar-refractivity contribution in [3.8, 4) is 5.88 Å². The van der Waals surface area contributed by atoms with Crippen LogP contribution in [-0.2, 0) is 11.3 Å². The van der Waals surface area contributed by atoms with Crippen LogP contribution in [0.1, 0.15) is 33.3 Å². The molecule has 0 saturated heterocycles. The van der Waals surface area contributed by atoms with Gasteiger partial charge in [0, 0.05) is 23.8 Å². The van der Waals surface area contributed by atoms with E-state index >= 15 is 0 Å². The SMILES string of the molecule is CCNC(=NCc1cccnc1OCC(F)(F)F)NCC(=O)NC(C)(C)C.I. The number of alkyl halides is 3. The lowest BCUT2D eigenvalue weighted by Crippen LogP contribution is -2.48. The van der Waals surface area contributed by atoms with Crippen LogP contribution in [0.25, 0.3) is 0 Å². The second kappa shape index (κ2) is 11.9. The third-order valence-electron chi connectivity index (χ3n) is 2.91. The molecule has 11 heteroatoms. The molecule has 0 aliphatic heterocycles. The zero-order valence-corrected chi connectivity index (χ0v) is 18.6. The molecule has 1 aromatic heterocycles. The molecule has 0 radical (unpaired) electrons. The van der Waals surface area contributed by atoms with E-state index in [-0.39, 0.29) is 54.4 Å². The van der Waals surface area contributed by atoms with E-state index in [0.717, 1.165) is 0 Å². The van der Waals surface area contributed by atoms with Crippen LogP contribution in [0.3, 0.4) is 0 Å². The van der Waals surface area contributed by atoms with E-state index in [2.05, 4.69) is 25.9 Å². The number of nitrogens with one attached hydrogen (secondary N) is 3. The molecule has 0 unspecified atom stereocenters. The molecule has 1 aromatic rings. The minimum atomic E-state index is -4.45. The highest BCUT2D eigenvalue weighted by molar-refractivity contribution is 14.0. The van der Waals surface area contributed by atoms with Crippen molar-refractivity contribution >= 4 is 35.8 Å². The number of hydrogen-bond acceptors (Lipinski definition) is 4. The molecule has 3 N–H and O–H groups in total. The minimum Gasteiger partial charge on any atom is -0.468 e. The second-order valence-corrected chi connectivity index (χ2v) is 6.72. The molecule has 0 bridgehead atoms. The third kappa shape index (κ3) is 11.8. The molecule has 1 rings (SSSR count). The number of ether oxygens (including phenoxy) is 1. The summed E-state index contributed by atoms with van der Waals surface area (Å²) in [6.07, 6.45) is -3.10. The van der Waals surface area contributed by atoms with E-state index in [1.807, 2.05) is 27.7 Å². The lowest BCUT2D eigenvalue weighted by Gasteiger charge is -2.21. The highest BCUT2D eigenvalue weighted by atomic mass is 127. The average Bonchev–Trinajstić information content (AvgIpc) is 2.54. The topological polar surface area (TPSA) is 87.6 Å². The molecule has 0 fully saturated rings. The first-order valence-electron chi connectivity index (χ1n) is 8.47. The normalized spacial score (nSPS) is 12.0. The molecule has 0 spiro atoms. The standard InChI is InChI=1S/C17H26F3N5O2.HI/c1-5-21-15(24-10-13(26)25-16(2,3)4)23-9-12-7-6-8-22-14(12)27-11-17(18,19)20;/h6-8H,5,9-11H2,1-4H3,(H,25,26)(H2,21,23,24);1H. The van der Waals surface area contributed by atoms with Crippen LogP contribution in [0.5, 0.6) is 5.88 Å². The number of aromatic nitrogens is 1. The van der Waals surface area contributed by atoms with Crippen LogP contribution in [0.2, 0.25) is 0 Å². The Morgan fingerprint density at radius 3 is 2.50 bits per heavy atom. The van der Waals surface area contributed by atoms with E-state index in [9.17, 15) is 18.0 Å². The Morgan fingerprint density at radius 2 is 1.93 bits per heavy atom. The molecule has 1 amide bonds. The molecule has 160 valence electrons. The van der Waals surface area contributed by atoms with Gasteiger partial charge in [-0.25, -0.2) is 9.98 Å². The van der Waals surface area contributed by atoms with Crippen LogP contribution in [0.4, 0.5) is 13.2 Å². The summed E-state index contributed by atoms with van der Waals surface area (Å²) in [5, 5.41) is 8.65. The molecule has 0 aliphatic rings. The van der Waals surface area contributed by atoms with E-state index < -0.39 is 12.8 Å². The average molecular weight is 517 g/mol. The summed E-state index contributed by atoms with van der Waals surface area (Å²) in [4.78, 5) is 20.0. The number of aliphatic imine (C=N–C) groups is 1. The number of pyridine rings is 1. The van der Waals surface area contributed by atoms with Gasteiger partial charge in [-0.1, -0.05) is 6.07 Å². The Balaban J connectivity index is 0.00000729. The van der Waals surface area contributed by atoms with Crippen molar-refractivity contribution in [3.63, 3.8) is 0 Å². The fourth-order valence-corrected chi connectivity index (χ4v) is 1.96. The van der Waals surface area contributed by atoms with Crippen molar-refractivity contribution in [2.45, 2.75) is 46.0 Å². The van der Waals surface area contributed by atoms with Gasteiger partial charge in [0.25, 0.3) is 0 Å². The summed E-state index contributed by atoms with van der Waals surface area (Å²) in [7, 11) is 0. The molecule has 0 saturated carbocycles. The zero-order valence-electron chi connectivity index (χ0n) is 16.3. The van der Waals surface area contributed by atoms with E-state index in [0.29, 0.717) is 18.1 Å². The number of halogens is 4. The van der Waals surface area contributed by atoms with Crippen molar-refractivity contribution in [1.29, 1.82) is 0 Å². The second-order valence-electron chi connectivity index (χ2n) is 6.72. The number of carbonyl (C=O) groups excluding carboxylic acids is 1. The first-order valence-corrected chi connectivity index (χ1v) is 8.47. The van der Waals surface area contributed by atoms with Gasteiger partial charge in [-0.05, 0) is 33.8 Å². The van der Waals surface area contributed by atoms with Crippen molar-refractivity contribution in [2.24, 2.45) is 4.99 Å². The molecule has 7 nitrogen and oxygen atoms in total. The summed E-state index contributed by atoms with van der Waals surface area (Å²) in [5.41, 5.74) is 0.0485. The third-order valence-corrected chi connectivity index (χ3v) is 2.91. The Hall–Kier alpha value is -1.79. The molecule has 0 aliphatic carbocycles. The van der Waals surface area contributed by atoms with Gasteiger partial charge in [-0.2, -0.15) is 13.2 Å². The fourth-order valence-electron chi connectivity index (χ4n) is 1.96. The first kappa shape index (κ1) is 26.2. The maximum Gasteiger partial charge on any atom is 0.422 e. The predicted molar refractivity (Wildman–Crippen MR) is 112 cm³/mol. The van der Waals surface area contributed by atoms with Gasteiger partial charge in [0.2, 0.25) is 11.8 Å². The van der Waals surface area contributed by atoms with Gasteiger partial charge in [-0.3, -0.25) is 4.79 Å². The van der Waals surface area contributed by atoms with Gasteiger partial charge < -0.3 is 20.7 Å². The van der Waals surface area contributed by atoms with Gasteiger partial charge in [0.15, 0.2) is 12.6 Å². The highest BCUT2D eigenvalue weighted by Crippen LogP contribution is 2.20. The van der Waals surface area contributed by atoms with Crippen LogP contribution < -0.4 is 20.7 Å². The van der Waals surface area contributed by atoms with Crippen molar-refractivity contribution in [1.82, 2.24) is 20.9 Å². The van der Waals surface area contributed by atoms with E-state index in [1.165, 1.54) is 6.20 Å². The number of nitrogens with zero attached hydrogens (tertiary/aromatic N) is 2. The van der Waals surface area contributed by atoms with Gasteiger partial charge in [0.05, 0.1) is 13.1 Å². The highest BCUT2D eigenvalue weighted by Gasteiger charge is 2.29. The van der Waals surface area contributed by atoms with Crippen molar-refractivity contribution in [3.05, 3.63) is 23.9 Å². The predicted octanol–water partition coefficient (Wildman–Crippen LogP) is 2.61. The summed E-state index contributed by atoms with van der Waals surface area (Å²) < 4.78 is 41.8. The largest absolute Gasteiger partial charge is 0.468 e. The smallest absolute Gasteiger partial charge is 0.422 e. The first-order chi connectivity index (χ1) is 12.5. The monoisotopic (exact) mass is 517 g/mol. The quantitative estimate of drug-likeness (QED) is 0.294. The summed E-state index contributed by atoms with van der Waals surface area (Å²) >= 11 is 0. The van der Waals surface area contributed by atoms with Crippen LogP contribution in [0, 0.1) is 0 Å². The lowest BCUT2D eigenvalue weighted by molar-refractivity contribution is -0.154. The number of guanidine groups is 1. The molecular weight excluding hydrogens is 490 g/mol. The Morgan fingerprint density at radius 1 is 1.25 bits per heavy atom. The Bertz CT molecular complexity index is 648. The Kier molecular flexibility index (Phi) is 11.2. The maximum absolute atomic E-state index is 12.3. The van der Waals surface area contributed by atoms with E-state index in [1.54, 1.807) is 12.1 Å². The van der Waals surface area contributed by atoms with Gasteiger partial charge in [-0.15, -0.1) is 24.0 Å². The minimum absolute atomic E-state index is 0. The van der Waals surface area contributed by atoms with Crippen molar-refractivity contribution in [2.75, 3.05) is 19.7 Å². The Labute approximate surface area is 179 Å². The van der Waals surface area contributed by atoms with Gasteiger partial charge in [0.1, 0.15) is 0 Å².